The summed E-state index contributed by atoms with van der Waals surface area (Å²) in [4.78, 5) is 67.0. The van der Waals surface area contributed by atoms with Gasteiger partial charge in [-0.05, 0) is 263 Å². The average Bonchev–Trinajstić information content (AvgIpc) is 1.59. The zero-order valence-corrected chi connectivity index (χ0v) is 92.2. The smallest absolute Gasteiger partial charge is 0.180 e. The molecule has 4 aliphatic heterocycles. The summed E-state index contributed by atoms with van der Waals surface area (Å²) in [6.45, 7) is 54.5. The SMILES string of the molecule is CC(C)c1cc(Cl)c2c(c1)N=CC2.CC(C)c1cc(Cl)c2nc[nH]c2c1.CC(C)c1cc2nc[nH]c2cn1.CC(C)c1ccc2[nH]cnc2c1Cl.CC(C)c1ccc2[nH]cnc2n1.CC(C)c1ccc2c(CN(C)C)c[nH]c2c1.CC(C)c1ccc2c(c1)CNCC21CC1.CC(C)c1ccc2c(c1)NCCC2.CC(C)c1ccc2c(c1)ncn2C.CC(C)c1cccc2c1CCNC2.CC(C)c1ncc2[nH]cnc2n1. The van der Waals surface area contributed by atoms with Gasteiger partial charge >= 0.3 is 0 Å². The highest BCUT2D eigenvalue weighted by Gasteiger charge is 2.47. The maximum Gasteiger partial charge on any atom is 0.180 e. The van der Waals surface area contributed by atoms with Crippen LogP contribution in [0.2, 0.25) is 15.1 Å². The van der Waals surface area contributed by atoms with Crippen molar-refractivity contribution in [3.05, 3.63) is 318 Å². The van der Waals surface area contributed by atoms with Gasteiger partial charge in [-0.2, -0.15) is 0 Å². The van der Waals surface area contributed by atoms with Crippen LogP contribution in [0.3, 0.4) is 0 Å². The Morgan fingerprint density at radius 2 is 1.01 bits per heavy atom. The number of fused-ring (bicyclic) bond motifs is 12. The van der Waals surface area contributed by atoms with E-state index in [0.29, 0.717) is 70.5 Å². The molecule has 145 heavy (non-hydrogen) atoms. The van der Waals surface area contributed by atoms with Gasteiger partial charge in [-0.25, -0.2) is 44.9 Å². The van der Waals surface area contributed by atoms with E-state index in [-0.39, 0.29) is 0 Å². The fourth-order valence-corrected chi connectivity index (χ4v) is 18.9. The summed E-state index contributed by atoms with van der Waals surface area (Å²) in [5, 5.41) is 14.1. The van der Waals surface area contributed by atoms with E-state index in [2.05, 4.69) is 387 Å². The lowest BCUT2D eigenvalue weighted by Gasteiger charge is -2.27. The number of anilines is 1. The molecule has 1 aliphatic carbocycles. The Labute approximate surface area is 873 Å². The largest absolute Gasteiger partial charge is 0.385 e. The van der Waals surface area contributed by atoms with E-state index in [1.165, 1.54) is 116 Å². The third-order valence-electron chi connectivity index (χ3n) is 27.2. The molecular formula is C120H153Cl3N22. The number of benzene rings is 8. The van der Waals surface area contributed by atoms with Crippen LogP contribution in [0, 0.1) is 0 Å². The van der Waals surface area contributed by atoms with Crippen molar-refractivity contribution < 1.29 is 0 Å². The van der Waals surface area contributed by atoms with Crippen molar-refractivity contribution in [3.8, 4) is 0 Å². The van der Waals surface area contributed by atoms with Crippen LogP contribution in [-0.4, -0.2) is 129 Å². The lowest BCUT2D eigenvalue weighted by Crippen LogP contribution is -2.33. The number of imidazole rings is 6. The Morgan fingerprint density at radius 3 is 1.70 bits per heavy atom. The molecule has 9 N–H and O–H groups in total. The van der Waals surface area contributed by atoms with Crippen molar-refractivity contribution in [1.82, 2.24) is 99.8 Å². The van der Waals surface area contributed by atoms with Gasteiger partial charge in [0.05, 0.1) is 105 Å². The van der Waals surface area contributed by atoms with Crippen LogP contribution in [-0.2, 0) is 51.4 Å². The molecule has 1 spiro atoms. The molecule has 22 nitrogen and oxygen atoms in total. The van der Waals surface area contributed by atoms with Crippen molar-refractivity contribution >= 4 is 130 Å². The van der Waals surface area contributed by atoms with Crippen LogP contribution in [0.15, 0.2) is 207 Å². The summed E-state index contributed by atoms with van der Waals surface area (Å²) in [5.74, 6) is 6.67. The van der Waals surface area contributed by atoms with E-state index >= 15 is 0 Å². The molecule has 1 saturated carbocycles. The second-order valence-corrected chi connectivity index (χ2v) is 43.5. The summed E-state index contributed by atoms with van der Waals surface area (Å²) in [5.41, 5.74) is 39.0. The first-order valence-corrected chi connectivity index (χ1v) is 53.1. The minimum Gasteiger partial charge on any atom is -0.385 e. The summed E-state index contributed by atoms with van der Waals surface area (Å²) < 4.78 is 2.04. The zero-order chi connectivity index (χ0) is 104. The first-order valence-electron chi connectivity index (χ1n) is 51.9. The Bertz CT molecular complexity index is 7070. The predicted octanol–water partition coefficient (Wildman–Crippen LogP) is 30.7. The van der Waals surface area contributed by atoms with E-state index in [0.717, 1.165) is 144 Å². The molecule has 0 bridgehead atoms. The van der Waals surface area contributed by atoms with Crippen molar-refractivity contribution in [2.75, 3.05) is 39.0 Å². The lowest BCUT2D eigenvalue weighted by molar-refractivity contribution is 0.404. The molecule has 23 rings (SSSR count). The second-order valence-electron chi connectivity index (χ2n) is 42.3. The van der Waals surface area contributed by atoms with Gasteiger partial charge in [0.1, 0.15) is 22.4 Å². The molecule has 8 aromatic carbocycles. The quantitative estimate of drug-likeness (QED) is 0.0519. The van der Waals surface area contributed by atoms with Gasteiger partial charge in [-0.1, -0.05) is 260 Å². The third-order valence-corrected chi connectivity index (χ3v) is 28.2. The summed E-state index contributed by atoms with van der Waals surface area (Å²) in [6, 6.07) is 52.3. The Balaban J connectivity index is 0.000000134. The van der Waals surface area contributed by atoms with E-state index in [9.17, 15) is 0 Å². The summed E-state index contributed by atoms with van der Waals surface area (Å²) in [7, 11) is 6.22. The minimum absolute atomic E-state index is 0.353. The highest BCUT2D eigenvalue weighted by Crippen LogP contribution is 2.51. The molecule has 18 aromatic rings. The molecule has 25 heteroatoms. The monoisotopic (exact) mass is 2010 g/mol. The van der Waals surface area contributed by atoms with Crippen LogP contribution >= 0.6 is 34.8 Å². The fraction of sp³-hybridized carbons (Fsp3) is 0.408. The van der Waals surface area contributed by atoms with Crippen LogP contribution in [0.25, 0.3) is 77.4 Å². The highest BCUT2D eigenvalue weighted by molar-refractivity contribution is 6.36. The lowest BCUT2D eigenvalue weighted by atomic mass is 9.85. The molecule has 0 radical (unpaired) electrons. The number of hydrogen-bond donors (Lipinski definition) is 9. The first kappa shape index (κ1) is 110. The molecule has 0 unspecified atom stereocenters. The number of H-pyrrole nitrogens is 6. The number of pyridine rings is 2. The van der Waals surface area contributed by atoms with Crippen LogP contribution in [0.5, 0.6) is 0 Å². The van der Waals surface area contributed by atoms with Crippen LogP contribution < -0.4 is 16.0 Å². The maximum absolute atomic E-state index is 6.20. The molecule has 10 aromatic heterocycles. The van der Waals surface area contributed by atoms with Gasteiger partial charge < -0.3 is 55.3 Å². The van der Waals surface area contributed by atoms with Crippen molar-refractivity contribution in [2.45, 2.75) is 281 Å². The van der Waals surface area contributed by atoms with Crippen LogP contribution in [0.4, 0.5) is 11.4 Å². The molecule has 764 valence electrons. The van der Waals surface area contributed by atoms with Crippen molar-refractivity contribution in [2.24, 2.45) is 12.0 Å². The Kier molecular flexibility index (Phi) is 38.8. The van der Waals surface area contributed by atoms with Gasteiger partial charge in [0.2, 0.25) is 0 Å². The number of nitrogens with one attached hydrogen (secondary N) is 9. The molecule has 14 heterocycles. The minimum atomic E-state index is 0.353. The number of nitrogens with zero attached hydrogens (tertiary/aromatic N) is 13. The normalized spacial score (nSPS) is 13.5. The number of aliphatic imine (C=N–C) groups is 1. The average molecular weight is 2010 g/mol. The number of hydrogen-bond acceptors (Lipinski definition) is 15. The molecule has 5 aliphatic rings. The van der Waals surface area contributed by atoms with E-state index < -0.39 is 0 Å². The molecule has 0 amide bonds. The van der Waals surface area contributed by atoms with Gasteiger partial charge in [0.15, 0.2) is 11.3 Å². The highest BCUT2D eigenvalue weighted by atomic mass is 35.5. The summed E-state index contributed by atoms with van der Waals surface area (Å²) in [6.07, 6.45) is 25.2. The molecular weight excluding hydrogens is 1860 g/mol. The molecule has 0 atom stereocenters. The molecule has 0 saturated heterocycles. The van der Waals surface area contributed by atoms with Gasteiger partial charge in [0.25, 0.3) is 0 Å². The van der Waals surface area contributed by atoms with E-state index in [4.69, 9.17) is 34.8 Å². The van der Waals surface area contributed by atoms with Crippen molar-refractivity contribution in [3.63, 3.8) is 0 Å². The number of aromatic amines is 6. The van der Waals surface area contributed by atoms with E-state index in [1.54, 1.807) is 60.1 Å². The number of aryl methyl sites for hydroxylation is 2. The topological polar surface area (TPSA) is 280 Å². The van der Waals surface area contributed by atoms with E-state index in [1.807, 2.05) is 66.8 Å². The first-order chi connectivity index (χ1) is 69.4. The second kappa shape index (κ2) is 51.2. The number of aromatic nitrogens is 17. The predicted molar refractivity (Wildman–Crippen MR) is 611 cm³/mol. The van der Waals surface area contributed by atoms with Crippen LogP contribution in [0.1, 0.15) is 337 Å². The number of rotatable bonds is 13. The Morgan fingerprint density at radius 1 is 0.414 bits per heavy atom. The van der Waals surface area contributed by atoms with Crippen molar-refractivity contribution in [1.29, 1.82) is 0 Å². The standard InChI is InChI=1S/C14H20N2.C14H19N.2C12H17N.C11H12ClN.C11H14N2.2C10H11ClN2.2C9H11N3.C8H10N4/c1-10(2)11-5-6-13-12(9-16(3)4)8-15-14(13)7-11;1-10(2)11-3-4-13-12(7-11)8-15-9-14(13)5-6-14;1-9(2)11-6-5-10-4-3-7-13-12(10)8-11;1-9(2)11-5-3-4-10-8-13-7-6-12(10)11;1-7(2)8-5-10(12)9-3-4-13-11(9)6-8;1-8(2)9-4-5-11-10(6-9)12-7-13(11)3;1-6(2)7-3-8(11)10-9(4-7)12-5-13-10;1-6(2)7-3-4-8-10(9(7)11)13-5-12-8;1-6(2)7-3-8-9(4-10-7)12-5-11-8;1-6(2)7-3-4-8-9(12-7)11-5-10-8;1-5(2)7-9-3-6-8(12-7)11-4-10-6/h5-8,10,15H,9H2,1-4H3;3-4,7,10,15H,5-6,8-9H2,1-2H3;5-6,8-9,13H,3-4,7H2,1-2H3;3-5,9,13H,6-8H2,1-2H3;4-7H,3H2,1-2H3;4-8H,1-3H3;2*3-6H,1-2H3,(H,12,13);3-6H,1-2H3,(H,11,12);3-6H,1-2H3,(H,10,11,12);3-5H,1-2H3,(H,9,10,11,12). The van der Waals surface area contributed by atoms with Gasteiger partial charge in [-0.3, -0.25) is 9.98 Å². The number of halogens is 3. The Hall–Kier alpha value is -12.3. The fourth-order valence-electron chi connectivity index (χ4n) is 17.9. The summed E-state index contributed by atoms with van der Waals surface area (Å²) >= 11 is 18.4. The third kappa shape index (κ3) is 29.2. The maximum atomic E-state index is 6.20. The molecule has 1 fully saturated rings. The van der Waals surface area contributed by atoms with Gasteiger partial charge in [-0.15, -0.1) is 0 Å². The van der Waals surface area contributed by atoms with Gasteiger partial charge in [0, 0.05) is 109 Å². The zero-order valence-electron chi connectivity index (χ0n) is 89.9.